The number of halogens is 2. The number of hydrogen-bond acceptors (Lipinski definition) is 3. The van der Waals surface area contributed by atoms with Crippen molar-refractivity contribution in [2.75, 3.05) is 0 Å². The third kappa shape index (κ3) is 2.22. The van der Waals surface area contributed by atoms with Crippen LogP contribution in [0.2, 0.25) is 0 Å². The maximum atomic E-state index is 11.5. The van der Waals surface area contributed by atoms with E-state index in [4.69, 9.17) is 0 Å². The highest BCUT2D eigenvalue weighted by Crippen LogP contribution is 2.16. The van der Waals surface area contributed by atoms with E-state index in [1.165, 1.54) is 0 Å². The van der Waals surface area contributed by atoms with Gasteiger partial charge in [-0.05, 0) is 50.9 Å². The van der Waals surface area contributed by atoms with Crippen molar-refractivity contribution in [3.05, 3.63) is 43.3 Å². The molecule has 1 N–H and O–H groups in total. The van der Waals surface area contributed by atoms with Crippen LogP contribution in [0.15, 0.2) is 32.1 Å². The van der Waals surface area contributed by atoms with Gasteiger partial charge in [0.15, 0.2) is 5.82 Å². The summed E-state index contributed by atoms with van der Waals surface area (Å²) in [5.74, 6) is 0.471. The number of rotatable bonds is 1. The molecule has 2 heterocycles. The zero-order chi connectivity index (χ0) is 11.7. The van der Waals surface area contributed by atoms with Crippen LogP contribution in [-0.4, -0.2) is 15.0 Å². The fourth-order valence-electron chi connectivity index (χ4n) is 1.21. The van der Waals surface area contributed by atoms with Gasteiger partial charge < -0.3 is 4.98 Å². The van der Waals surface area contributed by atoms with E-state index in [2.05, 4.69) is 46.8 Å². The summed E-state index contributed by atoms with van der Waals surface area (Å²) in [5, 5.41) is 0. The van der Waals surface area contributed by atoms with Crippen LogP contribution < -0.4 is 5.56 Å². The molecule has 0 saturated heterocycles. The predicted octanol–water partition coefficient (Wildman–Crippen LogP) is 2.67. The Morgan fingerprint density at radius 3 is 2.62 bits per heavy atom. The molecular formula is C10H7Br2N3O. The molecule has 0 spiro atoms. The Morgan fingerprint density at radius 2 is 2.06 bits per heavy atom. The maximum Gasteiger partial charge on any atom is 0.265 e. The van der Waals surface area contributed by atoms with Crippen LogP contribution in [0.1, 0.15) is 5.69 Å². The number of nitrogens with zero attached hydrogens (tertiary/aromatic N) is 2. The van der Waals surface area contributed by atoms with E-state index in [9.17, 15) is 4.79 Å². The van der Waals surface area contributed by atoms with Crippen molar-refractivity contribution in [1.82, 2.24) is 15.0 Å². The minimum absolute atomic E-state index is 0.202. The van der Waals surface area contributed by atoms with Crippen LogP contribution in [0.25, 0.3) is 11.5 Å². The van der Waals surface area contributed by atoms with Crippen LogP contribution in [0.4, 0.5) is 0 Å². The molecule has 0 saturated carbocycles. The summed E-state index contributed by atoms with van der Waals surface area (Å²) in [5.41, 5.74) is 1.08. The molecule has 16 heavy (non-hydrogen) atoms. The quantitative estimate of drug-likeness (QED) is 0.865. The highest BCUT2D eigenvalue weighted by atomic mass is 79.9. The standard InChI is InChI=1S/C10H7Br2N3O/c1-5-8(12)10(16)15-9(14-5)7-3-2-6(11)4-13-7/h2-4H,1H3,(H,14,15,16). The van der Waals surface area contributed by atoms with Gasteiger partial charge in [0.2, 0.25) is 0 Å². The zero-order valence-corrected chi connectivity index (χ0v) is 11.5. The summed E-state index contributed by atoms with van der Waals surface area (Å²) in [6.45, 7) is 1.77. The first-order chi connectivity index (χ1) is 7.58. The summed E-state index contributed by atoms with van der Waals surface area (Å²) in [6, 6.07) is 3.63. The Labute approximate surface area is 108 Å². The topological polar surface area (TPSA) is 58.6 Å². The van der Waals surface area contributed by atoms with Crippen LogP contribution in [-0.2, 0) is 0 Å². The first-order valence-corrected chi connectivity index (χ1v) is 6.05. The van der Waals surface area contributed by atoms with Crippen molar-refractivity contribution in [2.24, 2.45) is 0 Å². The van der Waals surface area contributed by atoms with Crippen LogP contribution >= 0.6 is 31.9 Å². The lowest BCUT2D eigenvalue weighted by atomic mass is 10.3. The number of hydrogen-bond donors (Lipinski definition) is 1. The molecule has 0 atom stereocenters. The normalized spacial score (nSPS) is 10.4. The molecule has 4 nitrogen and oxygen atoms in total. The summed E-state index contributed by atoms with van der Waals surface area (Å²) in [4.78, 5) is 22.6. The molecule has 6 heteroatoms. The van der Waals surface area contributed by atoms with E-state index in [0.717, 1.165) is 4.47 Å². The van der Waals surface area contributed by atoms with Gasteiger partial charge in [0.1, 0.15) is 10.2 Å². The van der Waals surface area contributed by atoms with Crippen LogP contribution in [0.3, 0.4) is 0 Å². The van der Waals surface area contributed by atoms with Gasteiger partial charge in [-0.25, -0.2) is 4.98 Å². The minimum Gasteiger partial charge on any atom is -0.304 e. The molecule has 2 rings (SSSR count). The molecule has 0 aromatic carbocycles. The third-order valence-electron chi connectivity index (χ3n) is 2.00. The molecule has 2 aromatic rings. The van der Waals surface area contributed by atoms with Gasteiger partial charge in [-0.1, -0.05) is 0 Å². The van der Waals surface area contributed by atoms with Crippen molar-refractivity contribution in [1.29, 1.82) is 0 Å². The molecule has 0 unspecified atom stereocenters. The van der Waals surface area contributed by atoms with Crippen LogP contribution in [0.5, 0.6) is 0 Å². The molecule has 0 aliphatic heterocycles. The molecule has 2 aromatic heterocycles. The number of pyridine rings is 1. The Kier molecular flexibility index (Phi) is 3.20. The molecule has 0 bridgehead atoms. The second kappa shape index (κ2) is 4.47. The molecule has 0 radical (unpaired) electrons. The molecule has 0 aliphatic rings. The number of nitrogens with one attached hydrogen (secondary N) is 1. The SMILES string of the molecule is Cc1nc(-c2ccc(Br)cn2)[nH]c(=O)c1Br. The van der Waals surface area contributed by atoms with Crippen LogP contribution in [0, 0.1) is 6.92 Å². The summed E-state index contributed by atoms with van der Waals surface area (Å²) in [6.07, 6.45) is 1.66. The van der Waals surface area contributed by atoms with Gasteiger partial charge in [-0.2, -0.15) is 0 Å². The molecule has 0 fully saturated rings. The van der Waals surface area contributed by atoms with Crippen molar-refractivity contribution in [3.8, 4) is 11.5 Å². The van der Waals surface area contributed by atoms with E-state index < -0.39 is 0 Å². The smallest absolute Gasteiger partial charge is 0.265 e. The van der Waals surface area contributed by atoms with Gasteiger partial charge in [0, 0.05) is 10.7 Å². The maximum absolute atomic E-state index is 11.5. The summed E-state index contributed by atoms with van der Waals surface area (Å²) >= 11 is 6.46. The summed E-state index contributed by atoms with van der Waals surface area (Å²) < 4.78 is 1.33. The van der Waals surface area contributed by atoms with E-state index in [0.29, 0.717) is 21.7 Å². The van der Waals surface area contributed by atoms with E-state index in [1.807, 2.05) is 6.07 Å². The van der Waals surface area contributed by atoms with Crippen molar-refractivity contribution < 1.29 is 0 Å². The average molecular weight is 345 g/mol. The predicted molar refractivity (Wildman–Crippen MR) is 68.2 cm³/mol. The fourth-order valence-corrected chi connectivity index (χ4v) is 1.63. The molecule has 82 valence electrons. The molecule has 0 aliphatic carbocycles. The van der Waals surface area contributed by atoms with Gasteiger partial charge in [-0.15, -0.1) is 0 Å². The lowest BCUT2D eigenvalue weighted by molar-refractivity contribution is 1.04. The fraction of sp³-hybridized carbons (Fsp3) is 0.100. The van der Waals surface area contributed by atoms with Crippen molar-refractivity contribution >= 4 is 31.9 Å². The second-order valence-electron chi connectivity index (χ2n) is 3.18. The van der Waals surface area contributed by atoms with Crippen molar-refractivity contribution in [3.63, 3.8) is 0 Å². The number of aryl methyl sites for hydroxylation is 1. The first-order valence-electron chi connectivity index (χ1n) is 4.46. The molecule has 0 amide bonds. The lowest BCUT2D eigenvalue weighted by Crippen LogP contribution is -2.12. The monoisotopic (exact) mass is 343 g/mol. The average Bonchev–Trinajstić information content (AvgIpc) is 2.26. The zero-order valence-electron chi connectivity index (χ0n) is 8.29. The lowest BCUT2D eigenvalue weighted by Gasteiger charge is -2.02. The highest BCUT2D eigenvalue weighted by molar-refractivity contribution is 9.10. The van der Waals surface area contributed by atoms with Gasteiger partial charge in [0.05, 0.1) is 5.69 Å². The summed E-state index contributed by atoms with van der Waals surface area (Å²) in [7, 11) is 0. The van der Waals surface area contributed by atoms with E-state index >= 15 is 0 Å². The Hall–Kier alpha value is -1.01. The third-order valence-corrected chi connectivity index (χ3v) is 3.40. The second-order valence-corrected chi connectivity index (χ2v) is 4.88. The Morgan fingerprint density at radius 1 is 1.31 bits per heavy atom. The number of H-pyrrole nitrogens is 1. The number of aromatic nitrogens is 3. The van der Waals surface area contributed by atoms with Gasteiger partial charge >= 0.3 is 0 Å². The van der Waals surface area contributed by atoms with Gasteiger partial charge in [-0.3, -0.25) is 9.78 Å². The first kappa shape index (κ1) is 11.5. The highest BCUT2D eigenvalue weighted by Gasteiger charge is 2.07. The largest absolute Gasteiger partial charge is 0.304 e. The van der Waals surface area contributed by atoms with Gasteiger partial charge in [0.25, 0.3) is 5.56 Å². The van der Waals surface area contributed by atoms with E-state index in [-0.39, 0.29) is 5.56 Å². The van der Waals surface area contributed by atoms with Crippen molar-refractivity contribution in [2.45, 2.75) is 6.92 Å². The van der Waals surface area contributed by atoms with E-state index in [1.54, 1.807) is 19.2 Å². The number of aromatic amines is 1. The molecular weight excluding hydrogens is 338 g/mol. The Balaban J connectivity index is 2.57. The Bertz CT molecular complexity index is 578. The minimum atomic E-state index is -0.202.